The van der Waals surface area contributed by atoms with E-state index in [1.807, 2.05) is 18.3 Å². The van der Waals surface area contributed by atoms with Crippen LogP contribution in [-0.2, 0) is 6.42 Å². The highest BCUT2D eigenvalue weighted by Gasteiger charge is 2.26. The molecule has 2 rings (SSSR count). The summed E-state index contributed by atoms with van der Waals surface area (Å²) in [5.74, 6) is 7.26. The van der Waals surface area contributed by atoms with Crippen molar-refractivity contribution in [2.45, 2.75) is 45.1 Å². The van der Waals surface area contributed by atoms with E-state index in [4.69, 9.17) is 5.84 Å². The molecule has 3 atom stereocenters. The fraction of sp³-hybridized carbons (Fsp3) is 0.643. The largest absolute Gasteiger partial charge is 0.271 e. The molecule has 17 heavy (non-hydrogen) atoms. The van der Waals surface area contributed by atoms with Crippen molar-refractivity contribution in [3.63, 3.8) is 0 Å². The molecule has 3 N–H and O–H groups in total. The first kappa shape index (κ1) is 12.5. The second-order valence-electron chi connectivity index (χ2n) is 5.33. The van der Waals surface area contributed by atoms with E-state index in [0.717, 1.165) is 18.0 Å². The fourth-order valence-corrected chi connectivity index (χ4v) is 2.95. The Hall–Kier alpha value is -0.930. The van der Waals surface area contributed by atoms with Crippen LogP contribution in [0, 0.1) is 11.8 Å². The van der Waals surface area contributed by atoms with Crippen LogP contribution < -0.4 is 11.3 Å². The van der Waals surface area contributed by atoms with Crippen LogP contribution in [-0.4, -0.2) is 11.0 Å². The van der Waals surface area contributed by atoms with Crippen LogP contribution in [0.5, 0.6) is 0 Å². The lowest BCUT2D eigenvalue weighted by atomic mass is 9.77. The van der Waals surface area contributed by atoms with Crippen LogP contribution >= 0.6 is 0 Å². The van der Waals surface area contributed by atoms with Crippen LogP contribution in [0.15, 0.2) is 24.4 Å². The molecule has 0 aromatic carbocycles. The highest BCUT2D eigenvalue weighted by Crippen LogP contribution is 2.31. The first-order chi connectivity index (χ1) is 8.29. The van der Waals surface area contributed by atoms with Gasteiger partial charge in [0, 0.05) is 24.4 Å². The lowest BCUT2D eigenvalue weighted by Gasteiger charge is -2.32. The Labute approximate surface area is 104 Å². The van der Waals surface area contributed by atoms with Gasteiger partial charge in [0.05, 0.1) is 0 Å². The average Bonchev–Trinajstić information content (AvgIpc) is 2.37. The minimum absolute atomic E-state index is 0.368. The molecule has 0 radical (unpaired) electrons. The predicted octanol–water partition coefficient (Wildman–Crippen LogP) is 2.28. The van der Waals surface area contributed by atoms with Gasteiger partial charge in [0.15, 0.2) is 0 Å². The standard InChI is InChI=1S/C14H23N3/c1-11-5-4-6-12(9-11)14(17-15)10-13-7-2-3-8-16-13/h2-3,7-8,11-12,14,17H,4-6,9-10,15H2,1H3. The molecule has 1 aromatic rings. The molecule has 1 aromatic heterocycles. The van der Waals surface area contributed by atoms with Gasteiger partial charge in [-0.3, -0.25) is 16.3 Å². The second kappa shape index (κ2) is 6.12. The number of hydrogen-bond donors (Lipinski definition) is 2. The van der Waals surface area contributed by atoms with Crippen molar-refractivity contribution in [1.82, 2.24) is 10.4 Å². The van der Waals surface area contributed by atoms with E-state index < -0.39 is 0 Å². The minimum Gasteiger partial charge on any atom is -0.271 e. The summed E-state index contributed by atoms with van der Waals surface area (Å²) in [6, 6.07) is 6.44. The Morgan fingerprint density at radius 1 is 1.47 bits per heavy atom. The maximum Gasteiger partial charge on any atom is 0.0419 e. The van der Waals surface area contributed by atoms with Crippen molar-refractivity contribution < 1.29 is 0 Å². The molecular weight excluding hydrogens is 210 g/mol. The molecule has 3 unspecified atom stereocenters. The van der Waals surface area contributed by atoms with Gasteiger partial charge in [-0.2, -0.15) is 0 Å². The normalized spacial score (nSPS) is 26.7. The minimum atomic E-state index is 0.368. The number of rotatable bonds is 4. The summed E-state index contributed by atoms with van der Waals surface area (Å²) in [5.41, 5.74) is 4.13. The van der Waals surface area contributed by atoms with Crippen LogP contribution in [0.4, 0.5) is 0 Å². The highest BCUT2D eigenvalue weighted by molar-refractivity contribution is 5.05. The van der Waals surface area contributed by atoms with Gasteiger partial charge in [-0.05, 0) is 36.8 Å². The van der Waals surface area contributed by atoms with E-state index >= 15 is 0 Å². The third kappa shape index (κ3) is 3.51. The summed E-state index contributed by atoms with van der Waals surface area (Å²) >= 11 is 0. The SMILES string of the molecule is CC1CCCC(C(Cc2ccccn2)NN)C1. The Morgan fingerprint density at radius 2 is 2.35 bits per heavy atom. The molecule has 3 nitrogen and oxygen atoms in total. The number of nitrogens with one attached hydrogen (secondary N) is 1. The zero-order chi connectivity index (χ0) is 12.1. The van der Waals surface area contributed by atoms with Crippen molar-refractivity contribution in [2.24, 2.45) is 17.7 Å². The maximum atomic E-state index is 5.72. The number of nitrogens with two attached hydrogens (primary N) is 1. The molecule has 0 amide bonds. The Kier molecular flexibility index (Phi) is 4.51. The molecule has 3 heteroatoms. The number of aromatic nitrogens is 1. The predicted molar refractivity (Wildman–Crippen MR) is 70.2 cm³/mol. The fourth-order valence-electron chi connectivity index (χ4n) is 2.95. The monoisotopic (exact) mass is 233 g/mol. The summed E-state index contributed by atoms with van der Waals surface area (Å²) < 4.78 is 0. The molecule has 1 fully saturated rings. The Morgan fingerprint density at radius 3 is 3.00 bits per heavy atom. The molecule has 0 aliphatic heterocycles. The van der Waals surface area contributed by atoms with Gasteiger partial charge in [-0.1, -0.05) is 25.8 Å². The molecule has 94 valence electrons. The van der Waals surface area contributed by atoms with Crippen LogP contribution in [0.3, 0.4) is 0 Å². The quantitative estimate of drug-likeness (QED) is 0.619. The Bertz CT molecular complexity index is 325. The second-order valence-corrected chi connectivity index (χ2v) is 5.33. The van der Waals surface area contributed by atoms with Crippen LogP contribution in [0.2, 0.25) is 0 Å². The lowest BCUT2D eigenvalue weighted by molar-refractivity contribution is 0.221. The summed E-state index contributed by atoms with van der Waals surface area (Å²) in [4.78, 5) is 4.38. The van der Waals surface area contributed by atoms with Gasteiger partial charge in [0.1, 0.15) is 0 Å². The molecule has 0 bridgehead atoms. The number of hydrogen-bond acceptors (Lipinski definition) is 3. The van der Waals surface area contributed by atoms with Crippen LogP contribution in [0.25, 0.3) is 0 Å². The van der Waals surface area contributed by atoms with Crippen molar-refractivity contribution in [1.29, 1.82) is 0 Å². The lowest BCUT2D eigenvalue weighted by Crippen LogP contribution is -2.44. The van der Waals surface area contributed by atoms with Gasteiger partial charge < -0.3 is 0 Å². The smallest absolute Gasteiger partial charge is 0.0419 e. The van der Waals surface area contributed by atoms with Crippen molar-refractivity contribution in [3.05, 3.63) is 30.1 Å². The van der Waals surface area contributed by atoms with E-state index in [0.29, 0.717) is 12.0 Å². The van der Waals surface area contributed by atoms with Gasteiger partial charge in [-0.25, -0.2) is 0 Å². The highest BCUT2D eigenvalue weighted by atomic mass is 15.2. The van der Waals surface area contributed by atoms with E-state index in [-0.39, 0.29) is 0 Å². The molecule has 1 aliphatic rings. The summed E-state index contributed by atoms with van der Waals surface area (Å²) in [7, 11) is 0. The number of hydrazine groups is 1. The molecular formula is C14H23N3. The molecule has 1 saturated carbocycles. The third-order valence-corrected chi connectivity index (χ3v) is 3.92. The first-order valence-electron chi connectivity index (χ1n) is 6.65. The number of nitrogens with zero attached hydrogens (tertiary/aromatic N) is 1. The molecule has 1 heterocycles. The zero-order valence-electron chi connectivity index (χ0n) is 10.6. The van der Waals surface area contributed by atoms with E-state index in [9.17, 15) is 0 Å². The zero-order valence-corrected chi connectivity index (χ0v) is 10.6. The van der Waals surface area contributed by atoms with E-state index in [1.54, 1.807) is 0 Å². The first-order valence-corrected chi connectivity index (χ1v) is 6.65. The average molecular weight is 233 g/mol. The summed E-state index contributed by atoms with van der Waals surface area (Å²) in [6.07, 6.45) is 8.10. The maximum absolute atomic E-state index is 5.72. The molecule has 0 spiro atoms. The van der Waals surface area contributed by atoms with Crippen molar-refractivity contribution in [3.8, 4) is 0 Å². The molecule has 1 aliphatic carbocycles. The van der Waals surface area contributed by atoms with E-state index in [1.165, 1.54) is 25.7 Å². The van der Waals surface area contributed by atoms with Crippen LogP contribution in [0.1, 0.15) is 38.3 Å². The topological polar surface area (TPSA) is 50.9 Å². The molecule has 0 saturated heterocycles. The Balaban J connectivity index is 1.96. The van der Waals surface area contributed by atoms with Gasteiger partial charge in [-0.15, -0.1) is 0 Å². The third-order valence-electron chi connectivity index (χ3n) is 3.92. The van der Waals surface area contributed by atoms with Gasteiger partial charge in [0.2, 0.25) is 0 Å². The number of pyridine rings is 1. The van der Waals surface area contributed by atoms with Gasteiger partial charge in [0.25, 0.3) is 0 Å². The van der Waals surface area contributed by atoms with Gasteiger partial charge >= 0.3 is 0 Å². The summed E-state index contributed by atoms with van der Waals surface area (Å²) in [6.45, 7) is 2.35. The van der Waals surface area contributed by atoms with E-state index in [2.05, 4.69) is 23.4 Å². The van der Waals surface area contributed by atoms with Crippen molar-refractivity contribution >= 4 is 0 Å². The summed E-state index contributed by atoms with van der Waals surface area (Å²) in [5, 5.41) is 0. The van der Waals surface area contributed by atoms with Crippen molar-refractivity contribution in [2.75, 3.05) is 0 Å².